The number of carbonyl (C=O) groups excluding carboxylic acids is 1. The van der Waals surface area contributed by atoms with E-state index >= 15 is 0 Å². The number of carbonyl (C=O) groups is 1. The summed E-state index contributed by atoms with van der Waals surface area (Å²) in [6.45, 7) is 4.28. The molecule has 1 aliphatic rings. The van der Waals surface area contributed by atoms with Gasteiger partial charge in [-0.2, -0.15) is 5.26 Å². The highest BCUT2D eigenvalue weighted by Gasteiger charge is 2.27. The van der Waals surface area contributed by atoms with E-state index in [1.165, 1.54) is 31.0 Å². The Balaban J connectivity index is 1.77. The zero-order valence-corrected chi connectivity index (χ0v) is 17.4. The molecule has 1 aromatic heterocycles. The van der Waals surface area contributed by atoms with Crippen molar-refractivity contribution in [2.45, 2.75) is 68.8 Å². The maximum absolute atomic E-state index is 13.2. The molecule has 3 rings (SSSR count). The molecule has 1 aromatic carbocycles. The molecular weight excluding hydrogens is 370 g/mol. The van der Waals surface area contributed by atoms with Crippen LogP contribution in [0.3, 0.4) is 0 Å². The lowest BCUT2D eigenvalue weighted by atomic mass is 9.95. The Morgan fingerprint density at radius 2 is 2.00 bits per heavy atom. The van der Waals surface area contributed by atoms with Crippen molar-refractivity contribution in [3.05, 3.63) is 36.2 Å². The number of hydrogen-bond donors (Lipinski definition) is 0. The third-order valence-corrected chi connectivity index (χ3v) is 6.23. The fourth-order valence-corrected chi connectivity index (χ4v) is 4.78. The predicted molar refractivity (Wildman–Crippen MR) is 111 cm³/mol. The van der Waals surface area contributed by atoms with Gasteiger partial charge in [0.1, 0.15) is 5.82 Å². The molecule has 1 heterocycles. The van der Waals surface area contributed by atoms with Crippen LogP contribution in [0.15, 0.2) is 35.5 Å². The van der Waals surface area contributed by atoms with E-state index in [-0.39, 0.29) is 11.2 Å². The second-order valence-corrected chi connectivity index (χ2v) is 8.49. The van der Waals surface area contributed by atoms with Gasteiger partial charge >= 0.3 is 0 Å². The number of aromatic nitrogens is 3. The lowest BCUT2D eigenvalue weighted by molar-refractivity contribution is -0.117. The van der Waals surface area contributed by atoms with Crippen molar-refractivity contribution in [3.63, 3.8) is 0 Å². The molecule has 0 aliphatic heterocycles. The van der Waals surface area contributed by atoms with E-state index in [0.717, 1.165) is 29.5 Å². The van der Waals surface area contributed by atoms with Crippen LogP contribution in [0, 0.1) is 18.3 Å². The molecule has 0 radical (unpaired) electrons. The Kier molecular flexibility index (Phi) is 7.10. The van der Waals surface area contributed by atoms with Crippen LogP contribution in [0.25, 0.3) is 0 Å². The fraction of sp³-hybridized carbons (Fsp3) is 0.524. The molecule has 2 aromatic rings. The zero-order chi connectivity index (χ0) is 19.9. The van der Waals surface area contributed by atoms with E-state index in [1.807, 2.05) is 44.2 Å². The number of aryl methyl sites for hydroxylation is 1. The van der Waals surface area contributed by atoms with Gasteiger partial charge in [-0.3, -0.25) is 4.79 Å². The summed E-state index contributed by atoms with van der Waals surface area (Å²) >= 11 is 1.46. The minimum Gasteiger partial charge on any atom is -0.310 e. The Bertz CT molecular complexity index is 823. The number of rotatable bonds is 7. The molecule has 1 aliphatic carbocycles. The van der Waals surface area contributed by atoms with Gasteiger partial charge < -0.3 is 9.47 Å². The van der Waals surface area contributed by atoms with Crippen molar-refractivity contribution >= 4 is 23.4 Å². The number of benzene rings is 1. The van der Waals surface area contributed by atoms with Gasteiger partial charge in [0.15, 0.2) is 5.16 Å². The summed E-state index contributed by atoms with van der Waals surface area (Å²) in [7, 11) is 0. The third kappa shape index (κ3) is 4.74. The van der Waals surface area contributed by atoms with Crippen LogP contribution in [-0.2, 0) is 4.79 Å². The highest BCUT2D eigenvalue weighted by molar-refractivity contribution is 8.00. The van der Waals surface area contributed by atoms with Gasteiger partial charge in [0, 0.05) is 18.3 Å². The number of nitrogens with zero attached hydrogens (tertiary/aromatic N) is 5. The number of thioether (sulfide) groups is 1. The molecule has 0 bridgehead atoms. The summed E-state index contributed by atoms with van der Waals surface area (Å²) in [5.41, 5.74) is 0.820. The molecule has 148 valence electrons. The molecule has 1 fully saturated rings. The normalized spacial score (nSPS) is 15.8. The van der Waals surface area contributed by atoms with E-state index in [9.17, 15) is 4.79 Å². The summed E-state index contributed by atoms with van der Waals surface area (Å²) in [5, 5.41) is 18.1. The minimum atomic E-state index is -0.315. The van der Waals surface area contributed by atoms with E-state index < -0.39 is 0 Å². The van der Waals surface area contributed by atoms with Crippen LogP contribution in [0.2, 0.25) is 0 Å². The number of nitriles is 1. The van der Waals surface area contributed by atoms with Crippen molar-refractivity contribution in [2.24, 2.45) is 0 Å². The number of amides is 1. The predicted octanol–water partition coefficient (Wildman–Crippen LogP) is 4.52. The monoisotopic (exact) mass is 397 g/mol. The fourth-order valence-electron chi connectivity index (χ4n) is 3.75. The van der Waals surface area contributed by atoms with Crippen molar-refractivity contribution in [3.8, 4) is 6.07 Å². The quantitative estimate of drug-likeness (QED) is 0.642. The molecule has 0 N–H and O–H groups in total. The maximum atomic E-state index is 13.2. The zero-order valence-electron chi connectivity index (χ0n) is 16.5. The van der Waals surface area contributed by atoms with Crippen molar-refractivity contribution in [2.75, 3.05) is 11.4 Å². The third-order valence-electron chi connectivity index (χ3n) is 5.19. The molecule has 1 saturated carbocycles. The lowest BCUT2D eigenvalue weighted by Crippen LogP contribution is -2.37. The first-order chi connectivity index (χ1) is 13.6. The molecule has 1 amide bonds. The SMILES string of the molecule is Cc1nnc(SC(C)C(=O)N(CCC#N)c2ccccc2)n1C1CCCCC1. The first kappa shape index (κ1) is 20.4. The van der Waals surface area contributed by atoms with E-state index in [4.69, 9.17) is 5.26 Å². The van der Waals surface area contributed by atoms with Gasteiger partial charge in [0.25, 0.3) is 0 Å². The second kappa shape index (κ2) is 9.74. The summed E-state index contributed by atoms with van der Waals surface area (Å²) in [6, 6.07) is 12.1. The van der Waals surface area contributed by atoms with Gasteiger partial charge in [-0.15, -0.1) is 10.2 Å². The Morgan fingerprint density at radius 1 is 1.29 bits per heavy atom. The Hall–Kier alpha value is -2.33. The summed E-state index contributed by atoms with van der Waals surface area (Å²) in [6.07, 6.45) is 6.35. The summed E-state index contributed by atoms with van der Waals surface area (Å²) < 4.78 is 2.22. The largest absolute Gasteiger partial charge is 0.310 e. The number of hydrogen-bond acceptors (Lipinski definition) is 5. The molecule has 6 nitrogen and oxygen atoms in total. The van der Waals surface area contributed by atoms with Crippen LogP contribution in [-0.4, -0.2) is 32.5 Å². The highest BCUT2D eigenvalue weighted by Crippen LogP contribution is 2.34. The van der Waals surface area contributed by atoms with Crippen molar-refractivity contribution < 1.29 is 4.79 Å². The topological polar surface area (TPSA) is 74.8 Å². The minimum absolute atomic E-state index is 0.0118. The van der Waals surface area contributed by atoms with Gasteiger partial charge in [0.05, 0.1) is 17.7 Å². The molecular formula is C21H27N5OS. The van der Waals surface area contributed by atoms with Crippen LogP contribution in [0.5, 0.6) is 0 Å². The van der Waals surface area contributed by atoms with Crippen LogP contribution in [0.4, 0.5) is 5.69 Å². The average molecular weight is 398 g/mol. The lowest BCUT2D eigenvalue weighted by Gasteiger charge is -2.27. The second-order valence-electron chi connectivity index (χ2n) is 7.19. The molecule has 1 unspecified atom stereocenters. The number of anilines is 1. The van der Waals surface area contributed by atoms with E-state index in [1.54, 1.807) is 4.90 Å². The first-order valence-electron chi connectivity index (χ1n) is 9.93. The van der Waals surface area contributed by atoms with Crippen molar-refractivity contribution in [1.29, 1.82) is 5.26 Å². The van der Waals surface area contributed by atoms with E-state index in [0.29, 0.717) is 19.0 Å². The Labute approximate surface area is 170 Å². The van der Waals surface area contributed by atoms with Gasteiger partial charge in [-0.05, 0) is 38.8 Å². The first-order valence-corrected chi connectivity index (χ1v) is 10.8. The Morgan fingerprint density at radius 3 is 2.68 bits per heavy atom. The van der Waals surface area contributed by atoms with Crippen LogP contribution < -0.4 is 4.90 Å². The maximum Gasteiger partial charge on any atom is 0.240 e. The van der Waals surface area contributed by atoms with Crippen LogP contribution in [0.1, 0.15) is 57.3 Å². The molecule has 7 heteroatoms. The molecule has 0 saturated heterocycles. The smallest absolute Gasteiger partial charge is 0.240 e. The highest BCUT2D eigenvalue weighted by atomic mass is 32.2. The van der Waals surface area contributed by atoms with Gasteiger partial charge in [0.2, 0.25) is 5.91 Å². The molecule has 28 heavy (non-hydrogen) atoms. The molecule has 0 spiro atoms. The standard InChI is InChI=1S/C21H27N5OS/c1-16(20(27)25(15-9-14-22)18-10-5-3-6-11-18)28-21-24-23-17(2)26(21)19-12-7-4-8-13-19/h3,5-6,10-11,16,19H,4,7-9,12-13,15H2,1-2H3. The summed E-state index contributed by atoms with van der Waals surface area (Å²) in [5.74, 6) is 0.903. The average Bonchev–Trinajstić information content (AvgIpc) is 3.09. The van der Waals surface area contributed by atoms with Crippen LogP contribution >= 0.6 is 11.8 Å². The summed E-state index contributed by atoms with van der Waals surface area (Å²) in [4.78, 5) is 14.9. The number of para-hydroxylation sites is 1. The van der Waals surface area contributed by atoms with Gasteiger partial charge in [-0.25, -0.2) is 0 Å². The molecule has 1 atom stereocenters. The van der Waals surface area contributed by atoms with E-state index in [2.05, 4.69) is 20.8 Å². The van der Waals surface area contributed by atoms with Crippen molar-refractivity contribution in [1.82, 2.24) is 14.8 Å². The van der Waals surface area contributed by atoms with Gasteiger partial charge in [-0.1, -0.05) is 49.2 Å².